The molecule has 0 amide bonds. The van der Waals surface area contributed by atoms with E-state index in [0.717, 1.165) is 6.07 Å². The Balaban J connectivity index is 3.39. The highest BCUT2D eigenvalue weighted by molar-refractivity contribution is 6.33. The fourth-order valence-corrected chi connectivity index (χ4v) is 1.30. The molecule has 0 bridgehead atoms. The van der Waals surface area contributed by atoms with Crippen LogP contribution < -0.4 is 10.5 Å². The number of methoxy groups -OCH3 is 1. The molecule has 13 heavy (non-hydrogen) atoms. The summed E-state index contributed by atoms with van der Waals surface area (Å²) in [7, 11) is 1.37. The van der Waals surface area contributed by atoms with E-state index < -0.39 is 11.6 Å². The van der Waals surface area contributed by atoms with Crippen molar-refractivity contribution in [2.75, 3.05) is 7.11 Å². The molecule has 1 rings (SSSR count). The lowest BCUT2D eigenvalue weighted by Gasteiger charge is -2.10. The summed E-state index contributed by atoms with van der Waals surface area (Å²) in [6.07, 6.45) is 0. The van der Waals surface area contributed by atoms with Crippen molar-refractivity contribution < 1.29 is 14.2 Å². The lowest BCUT2D eigenvalue weighted by atomic mass is 10.2. The van der Waals surface area contributed by atoms with Gasteiger partial charge in [-0.1, -0.05) is 11.6 Å². The molecule has 0 fully saturated rings. The lowest BCUT2D eigenvalue weighted by molar-refractivity contribution is 0.393. The monoisotopic (exact) mass is 205 g/mol. The summed E-state index contributed by atoms with van der Waals surface area (Å²) in [6.45, 7) is 0.0973. The molecule has 1 aromatic carbocycles. The normalized spacial score (nSPS) is 10.2. The smallest absolute Gasteiger partial charge is 0.174 e. The van der Waals surface area contributed by atoms with Gasteiger partial charge in [-0.05, 0) is 6.07 Å². The van der Waals surface area contributed by atoms with Gasteiger partial charge >= 0.3 is 0 Å². The van der Waals surface area contributed by atoms with Gasteiger partial charge in [0.2, 0.25) is 0 Å². The largest absolute Gasteiger partial charge is 0.504 e. The first-order valence-corrected chi connectivity index (χ1v) is 3.93. The number of nitrogens with two attached hydrogens (primary N) is 1. The minimum absolute atomic E-state index is 0.0973. The summed E-state index contributed by atoms with van der Waals surface area (Å²) >= 11 is 5.61. The van der Waals surface area contributed by atoms with E-state index in [9.17, 15) is 4.39 Å². The van der Waals surface area contributed by atoms with Gasteiger partial charge in [-0.15, -0.1) is 0 Å². The minimum atomic E-state index is -0.800. The van der Waals surface area contributed by atoms with Crippen molar-refractivity contribution in [3.63, 3.8) is 0 Å². The molecule has 0 aliphatic carbocycles. The highest BCUT2D eigenvalue weighted by Gasteiger charge is 2.15. The second-order valence-corrected chi connectivity index (χ2v) is 2.80. The fraction of sp³-hybridized carbons (Fsp3) is 0.250. The average Bonchev–Trinajstić information content (AvgIpc) is 2.13. The van der Waals surface area contributed by atoms with Gasteiger partial charge in [-0.25, -0.2) is 4.39 Å². The first-order valence-electron chi connectivity index (χ1n) is 3.55. The SMILES string of the molecule is COc1c(CN)cc(F)c(O)c1Cl. The van der Waals surface area contributed by atoms with Gasteiger partial charge in [0, 0.05) is 12.1 Å². The first kappa shape index (κ1) is 10.1. The Kier molecular flexibility index (Phi) is 2.95. The molecule has 1 aromatic rings. The topological polar surface area (TPSA) is 55.5 Å². The van der Waals surface area contributed by atoms with Crippen LogP contribution >= 0.6 is 11.6 Å². The van der Waals surface area contributed by atoms with Gasteiger partial charge < -0.3 is 15.6 Å². The van der Waals surface area contributed by atoms with E-state index in [-0.39, 0.29) is 17.3 Å². The molecule has 0 saturated carbocycles. The van der Waals surface area contributed by atoms with Crippen LogP contribution in [-0.2, 0) is 6.54 Å². The second kappa shape index (κ2) is 3.81. The van der Waals surface area contributed by atoms with E-state index in [2.05, 4.69) is 0 Å². The standard InChI is InChI=1S/C8H9ClFNO2/c1-13-8-4(3-11)2-5(10)7(12)6(8)9/h2,12H,3,11H2,1H3. The van der Waals surface area contributed by atoms with Crippen molar-refractivity contribution in [3.05, 3.63) is 22.5 Å². The van der Waals surface area contributed by atoms with E-state index in [1.807, 2.05) is 0 Å². The average molecular weight is 206 g/mol. The summed E-state index contributed by atoms with van der Waals surface area (Å²) in [6, 6.07) is 1.10. The molecule has 0 heterocycles. The predicted octanol–water partition coefficient (Wildman–Crippen LogP) is 1.65. The maximum atomic E-state index is 12.9. The highest BCUT2D eigenvalue weighted by atomic mass is 35.5. The number of aromatic hydroxyl groups is 1. The molecule has 3 nitrogen and oxygen atoms in total. The molecule has 0 radical (unpaired) electrons. The molecule has 0 aliphatic rings. The Morgan fingerprint density at radius 2 is 2.31 bits per heavy atom. The van der Waals surface area contributed by atoms with Crippen LogP contribution in [0.15, 0.2) is 6.07 Å². The number of phenolic OH excluding ortho intramolecular Hbond substituents is 1. The number of rotatable bonds is 2. The Morgan fingerprint density at radius 3 is 2.77 bits per heavy atom. The quantitative estimate of drug-likeness (QED) is 0.772. The van der Waals surface area contributed by atoms with Crippen LogP contribution in [0, 0.1) is 5.82 Å². The maximum absolute atomic E-state index is 12.9. The van der Waals surface area contributed by atoms with Crippen molar-refractivity contribution >= 4 is 11.6 Å². The Morgan fingerprint density at radius 1 is 1.69 bits per heavy atom. The number of hydrogen-bond acceptors (Lipinski definition) is 3. The van der Waals surface area contributed by atoms with Crippen LogP contribution in [0.2, 0.25) is 5.02 Å². The van der Waals surface area contributed by atoms with E-state index in [1.165, 1.54) is 7.11 Å². The van der Waals surface area contributed by atoms with Gasteiger partial charge in [-0.2, -0.15) is 0 Å². The molecule has 0 atom stereocenters. The number of phenols is 1. The summed E-state index contributed by atoms with van der Waals surface area (Å²) in [4.78, 5) is 0. The Bertz CT molecular complexity index is 330. The van der Waals surface area contributed by atoms with E-state index in [4.69, 9.17) is 27.2 Å². The molecule has 0 spiro atoms. The predicted molar refractivity (Wildman–Crippen MR) is 47.5 cm³/mol. The molecule has 0 aromatic heterocycles. The van der Waals surface area contributed by atoms with Crippen molar-refractivity contribution in [1.82, 2.24) is 0 Å². The van der Waals surface area contributed by atoms with E-state index >= 15 is 0 Å². The molecule has 3 N–H and O–H groups in total. The zero-order valence-electron chi connectivity index (χ0n) is 6.97. The van der Waals surface area contributed by atoms with E-state index in [1.54, 1.807) is 0 Å². The number of benzene rings is 1. The van der Waals surface area contributed by atoms with Crippen LogP contribution in [0.4, 0.5) is 4.39 Å². The maximum Gasteiger partial charge on any atom is 0.174 e. The van der Waals surface area contributed by atoms with Gasteiger partial charge in [0.25, 0.3) is 0 Å². The summed E-state index contributed by atoms with van der Waals surface area (Å²) in [5.41, 5.74) is 5.75. The minimum Gasteiger partial charge on any atom is -0.504 e. The Labute approximate surface area is 79.9 Å². The molecule has 5 heteroatoms. The zero-order valence-corrected chi connectivity index (χ0v) is 7.73. The number of ether oxygens (including phenoxy) is 1. The van der Waals surface area contributed by atoms with Crippen LogP contribution in [0.3, 0.4) is 0 Å². The third-order valence-electron chi connectivity index (χ3n) is 1.65. The van der Waals surface area contributed by atoms with Crippen LogP contribution in [0.1, 0.15) is 5.56 Å². The molecule has 0 unspecified atom stereocenters. The highest BCUT2D eigenvalue weighted by Crippen LogP contribution is 2.37. The van der Waals surface area contributed by atoms with Gasteiger partial charge in [0.15, 0.2) is 11.6 Å². The molecular formula is C8H9ClFNO2. The Hall–Kier alpha value is -1.00. The van der Waals surface area contributed by atoms with Crippen molar-refractivity contribution in [2.24, 2.45) is 5.73 Å². The summed E-state index contributed by atoms with van der Waals surface area (Å²) in [5.74, 6) is -1.20. The fourth-order valence-electron chi connectivity index (χ4n) is 1.01. The first-order chi connectivity index (χ1) is 6.11. The van der Waals surface area contributed by atoms with Gasteiger partial charge in [0.05, 0.1) is 7.11 Å². The lowest BCUT2D eigenvalue weighted by Crippen LogP contribution is -2.01. The third kappa shape index (κ3) is 1.68. The van der Waals surface area contributed by atoms with Crippen molar-refractivity contribution in [1.29, 1.82) is 0 Å². The zero-order chi connectivity index (χ0) is 10.0. The molecule has 72 valence electrons. The summed E-state index contributed by atoms with van der Waals surface area (Å²) < 4.78 is 17.8. The summed E-state index contributed by atoms with van der Waals surface area (Å²) in [5, 5.41) is 8.96. The molecule has 0 aliphatic heterocycles. The second-order valence-electron chi connectivity index (χ2n) is 2.42. The van der Waals surface area contributed by atoms with Crippen molar-refractivity contribution in [2.45, 2.75) is 6.54 Å². The van der Waals surface area contributed by atoms with Crippen molar-refractivity contribution in [3.8, 4) is 11.5 Å². The third-order valence-corrected chi connectivity index (χ3v) is 2.00. The van der Waals surface area contributed by atoms with Gasteiger partial charge in [-0.3, -0.25) is 0 Å². The molecule has 0 saturated heterocycles. The van der Waals surface area contributed by atoms with Crippen LogP contribution in [-0.4, -0.2) is 12.2 Å². The van der Waals surface area contributed by atoms with Gasteiger partial charge in [0.1, 0.15) is 10.8 Å². The van der Waals surface area contributed by atoms with E-state index in [0.29, 0.717) is 5.56 Å². The van der Waals surface area contributed by atoms with Crippen LogP contribution in [0.5, 0.6) is 11.5 Å². The number of halogens is 2. The van der Waals surface area contributed by atoms with Crippen LogP contribution in [0.25, 0.3) is 0 Å². The number of hydrogen-bond donors (Lipinski definition) is 2. The molecular weight excluding hydrogens is 197 g/mol.